The Bertz CT molecular complexity index is 1270. The van der Waals surface area contributed by atoms with Crippen LogP contribution in [0.2, 0.25) is 0 Å². The number of ether oxygens (including phenoxy) is 2. The molecule has 4 aromatic rings. The summed E-state index contributed by atoms with van der Waals surface area (Å²) in [6, 6.07) is 15.5. The van der Waals surface area contributed by atoms with Crippen molar-refractivity contribution in [1.29, 1.82) is 0 Å². The summed E-state index contributed by atoms with van der Waals surface area (Å²) in [7, 11) is 0. The number of carbonyl (C=O) groups excluding carboxylic acids is 1. The van der Waals surface area contributed by atoms with Crippen LogP contribution in [0.1, 0.15) is 22.4 Å². The number of hydrogen-bond acceptors (Lipinski definition) is 6. The molecule has 156 valence electrons. The van der Waals surface area contributed by atoms with Gasteiger partial charge < -0.3 is 9.47 Å². The standard InChI is InChI=1S/C24H21N3O3S/c1-15-9-16(2)23-19(10-15)26-24(31-23)27(13-18-5-3-4-8-25-18)22(28)12-17-6-7-20-21(11-17)30-14-29-20/h3-11H,12-14H2,1-2H3. The van der Waals surface area contributed by atoms with Gasteiger partial charge >= 0.3 is 0 Å². The van der Waals surface area contributed by atoms with E-state index < -0.39 is 0 Å². The Hall–Kier alpha value is -3.45. The molecule has 0 spiro atoms. The van der Waals surface area contributed by atoms with Crippen molar-refractivity contribution in [1.82, 2.24) is 9.97 Å². The molecule has 0 fully saturated rings. The third kappa shape index (κ3) is 3.96. The van der Waals surface area contributed by atoms with E-state index in [1.165, 1.54) is 5.56 Å². The lowest BCUT2D eigenvalue weighted by molar-refractivity contribution is -0.118. The number of aryl methyl sites for hydroxylation is 2. The first kappa shape index (κ1) is 19.5. The van der Waals surface area contributed by atoms with E-state index >= 15 is 0 Å². The predicted octanol–water partition coefficient (Wildman–Crippen LogP) is 4.81. The Morgan fingerprint density at radius 2 is 1.97 bits per heavy atom. The first-order valence-electron chi connectivity index (χ1n) is 10.0. The van der Waals surface area contributed by atoms with Gasteiger partial charge in [0.15, 0.2) is 16.6 Å². The van der Waals surface area contributed by atoms with E-state index in [1.807, 2.05) is 36.4 Å². The topological polar surface area (TPSA) is 64.6 Å². The van der Waals surface area contributed by atoms with Crippen LogP contribution in [0.5, 0.6) is 11.5 Å². The van der Waals surface area contributed by atoms with E-state index in [4.69, 9.17) is 14.5 Å². The molecule has 0 aliphatic carbocycles. The zero-order valence-corrected chi connectivity index (χ0v) is 18.1. The highest BCUT2D eigenvalue weighted by atomic mass is 32.1. The average Bonchev–Trinajstić information content (AvgIpc) is 3.39. The number of thiazole rings is 1. The van der Waals surface area contributed by atoms with Crippen molar-refractivity contribution in [2.24, 2.45) is 0 Å². The van der Waals surface area contributed by atoms with Crippen LogP contribution in [0.25, 0.3) is 10.2 Å². The molecule has 0 unspecified atom stereocenters. The monoisotopic (exact) mass is 431 g/mol. The number of rotatable bonds is 5. The molecule has 6 nitrogen and oxygen atoms in total. The summed E-state index contributed by atoms with van der Waals surface area (Å²) >= 11 is 1.54. The van der Waals surface area contributed by atoms with E-state index in [9.17, 15) is 4.79 Å². The van der Waals surface area contributed by atoms with Crippen molar-refractivity contribution in [2.45, 2.75) is 26.8 Å². The highest BCUT2D eigenvalue weighted by molar-refractivity contribution is 7.22. The summed E-state index contributed by atoms with van der Waals surface area (Å²) in [4.78, 5) is 24.4. The maximum atomic E-state index is 13.4. The lowest BCUT2D eigenvalue weighted by Crippen LogP contribution is -2.32. The van der Waals surface area contributed by atoms with Gasteiger partial charge in [-0.1, -0.05) is 29.5 Å². The Kier molecular flexibility index (Phi) is 5.03. The molecule has 0 saturated carbocycles. The maximum absolute atomic E-state index is 13.4. The zero-order valence-electron chi connectivity index (χ0n) is 17.3. The van der Waals surface area contributed by atoms with Gasteiger partial charge in [-0.15, -0.1) is 0 Å². The first-order valence-corrected chi connectivity index (χ1v) is 10.8. The van der Waals surface area contributed by atoms with Gasteiger partial charge in [-0.05, 0) is 60.9 Å². The highest BCUT2D eigenvalue weighted by Gasteiger charge is 2.23. The maximum Gasteiger partial charge on any atom is 0.233 e. The number of nitrogens with zero attached hydrogens (tertiary/aromatic N) is 3. The summed E-state index contributed by atoms with van der Waals surface area (Å²) in [5.41, 5.74) is 4.92. The summed E-state index contributed by atoms with van der Waals surface area (Å²) in [6.45, 7) is 4.71. The van der Waals surface area contributed by atoms with E-state index in [0.717, 1.165) is 27.0 Å². The molecule has 1 amide bonds. The molecule has 0 radical (unpaired) electrons. The van der Waals surface area contributed by atoms with Gasteiger partial charge in [-0.3, -0.25) is 14.7 Å². The first-order chi connectivity index (χ1) is 15.1. The molecular formula is C24H21N3O3S. The van der Waals surface area contributed by atoms with Crippen LogP contribution in [0.15, 0.2) is 54.7 Å². The molecule has 31 heavy (non-hydrogen) atoms. The molecular weight excluding hydrogens is 410 g/mol. The molecule has 3 heterocycles. The number of anilines is 1. The van der Waals surface area contributed by atoms with E-state index in [-0.39, 0.29) is 19.1 Å². The lowest BCUT2D eigenvalue weighted by atomic mass is 10.1. The molecule has 0 bridgehead atoms. The number of benzene rings is 2. The number of pyridine rings is 1. The van der Waals surface area contributed by atoms with Gasteiger partial charge in [-0.25, -0.2) is 4.98 Å². The largest absolute Gasteiger partial charge is 0.454 e. The Morgan fingerprint density at radius 1 is 1.10 bits per heavy atom. The molecule has 2 aromatic carbocycles. The van der Waals surface area contributed by atoms with Crippen LogP contribution in [0.4, 0.5) is 5.13 Å². The van der Waals surface area contributed by atoms with Crippen molar-refractivity contribution >= 4 is 32.6 Å². The second kappa shape index (κ2) is 8.00. The van der Waals surface area contributed by atoms with Gasteiger partial charge in [0.05, 0.1) is 28.9 Å². The Labute approximate surface area is 184 Å². The molecule has 0 atom stereocenters. The predicted molar refractivity (Wildman–Crippen MR) is 121 cm³/mol. The minimum Gasteiger partial charge on any atom is -0.454 e. The molecule has 1 aliphatic rings. The average molecular weight is 432 g/mol. The van der Waals surface area contributed by atoms with Crippen LogP contribution in [0, 0.1) is 13.8 Å². The quantitative estimate of drug-likeness (QED) is 0.454. The Morgan fingerprint density at radius 3 is 2.81 bits per heavy atom. The summed E-state index contributed by atoms with van der Waals surface area (Å²) in [5, 5.41) is 0.681. The number of carbonyl (C=O) groups is 1. The van der Waals surface area contributed by atoms with Gasteiger partial charge in [-0.2, -0.15) is 0 Å². The second-order valence-electron chi connectivity index (χ2n) is 7.59. The fraction of sp³-hybridized carbons (Fsp3) is 0.208. The normalized spacial score (nSPS) is 12.3. The third-order valence-electron chi connectivity index (χ3n) is 5.18. The zero-order chi connectivity index (χ0) is 21.4. The van der Waals surface area contributed by atoms with Crippen molar-refractivity contribution in [3.63, 3.8) is 0 Å². The van der Waals surface area contributed by atoms with Crippen LogP contribution in [0.3, 0.4) is 0 Å². The Balaban J connectivity index is 1.49. The number of hydrogen-bond donors (Lipinski definition) is 0. The lowest BCUT2D eigenvalue weighted by Gasteiger charge is -2.19. The number of amides is 1. The van der Waals surface area contributed by atoms with Crippen LogP contribution < -0.4 is 14.4 Å². The SMILES string of the molecule is Cc1cc(C)c2sc(N(Cc3ccccn3)C(=O)Cc3ccc4c(c3)OCO4)nc2c1. The smallest absolute Gasteiger partial charge is 0.233 e. The fourth-order valence-electron chi connectivity index (χ4n) is 3.72. The van der Waals surface area contributed by atoms with Crippen LogP contribution >= 0.6 is 11.3 Å². The second-order valence-corrected chi connectivity index (χ2v) is 8.57. The molecule has 1 aliphatic heterocycles. The van der Waals surface area contributed by atoms with Crippen LogP contribution in [-0.2, 0) is 17.8 Å². The molecule has 5 rings (SSSR count). The number of fused-ring (bicyclic) bond motifs is 2. The van der Waals surface area contributed by atoms with Gasteiger partial charge in [0, 0.05) is 6.20 Å². The minimum atomic E-state index is -0.0436. The fourth-order valence-corrected chi connectivity index (χ4v) is 4.75. The summed E-state index contributed by atoms with van der Waals surface area (Å²) < 4.78 is 11.9. The summed E-state index contributed by atoms with van der Waals surface area (Å²) in [5.74, 6) is 1.34. The van der Waals surface area contributed by atoms with E-state index in [1.54, 1.807) is 22.4 Å². The van der Waals surface area contributed by atoms with Gasteiger partial charge in [0.2, 0.25) is 12.7 Å². The van der Waals surface area contributed by atoms with Crippen molar-refractivity contribution < 1.29 is 14.3 Å². The van der Waals surface area contributed by atoms with Crippen molar-refractivity contribution in [3.8, 4) is 11.5 Å². The molecule has 0 N–H and O–H groups in total. The van der Waals surface area contributed by atoms with Gasteiger partial charge in [0.1, 0.15) is 0 Å². The van der Waals surface area contributed by atoms with E-state index in [2.05, 4.69) is 31.0 Å². The molecule has 0 saturated heterocycles. The minimum absolute atomic E-state index is 0.0436. The van der Waals surface area contributed by atoms with Gasteiger partial charge in [0.25, 0.3) is 0 Å². The summed E-state index contributed by atoms with van der Waals surface area (Å²) in [6.07, 6.45) is 1.97. The van der Waals surface area contributed by atoms with E-state index in [0.29, 0.717) is 23.2 Å². The molecule has 7 heteroatoms. The highest BCUT2D eigenvalue weighted by Crippen LogP contribution is 2.35. The van der Waals surface area contributed by atoms with Crippen molar-refractivity contribution in [2.75, 3.05) is 11.7 Å². The number of aromatic nitrogens is 2. The third-order valence-corrected chi connectivity index (χ3v) is 6.41. The van der Waals surface area contributed by atoms with Crippen molar-refractivity contribution in [3.05, 3.63) is 77.1 Å². The molecule has 2 aromatic heterocycles. The van der Waals surface area contributed by atoms with Crippen LogP contribution in [-0.4, -0.2) is 22.7 Å².